The summed E-state index contributed by atoms with van der Waals surface area (Å²) >= 11 is 0. The minimum Gasteiger partial charge on any atom is -0.338 e. The Hall–Kier alpha value is -1.55. The minimum absolute atomic E-state index is 0.132. The molecule has 0 bridgehead atoms. The van der Waals surface area contributed by atoms with Crippen molar-refractivity contribution in [2.45, 2.75) is 51.1 Å². The average Bonchev–Trinajstić information content (AvgIpc) is 3.12. The second-order valence-electron chi connectivity index (χ2n) is 6.82. The van der Waals surface area contributed by atoms with Crippen LogP contribution in [0.3, 0.4) is 0 Å². The summed E-state index contributed by atoms with van der Waals surface area (Å²) in [5.41, 5.74) is 1.39. The van der Waals surface area contributed by atoms with Gasteiger partial charge in [0.1, 0.15) is 0 Å². The Morgan fingerprint density at radius 1 is 1.04 bits per heavy atom. The third-order valence-corrected chi connectivity index (χ3v) is 5.12. The van der Waals surface area contributed by atoms with Gasteiger partial charge in [-0.25, -0.2) is 4.79 Å². The number of benzene rings is 1. The van der Waals surface area contributed by atoms with Gasteiger partial charge in [0.25, 0.3) is 0 Å². The topological polar surface area (TPSA) is 35.6 Å². The zero-order chi connectivity index (χ0) is 15.9. The summed E-state index contributed by atoms with van der Waals surface area (Å²) in [6.45, 7) is 4.86. The van der Waals surface area contributed by atoms with E-state index in [0.29, 0.717) is 6.04 Å². The van der Waals surface area contributed by atoms with Crippen LogP contribution in [0.4, 0.5) is 4.79 Å². The maximum absolute atomic E-state index is 12.1. The minimum atomic E-state index is 0.132. The molecule has 0 aromatic heterocycles. The summed E-state index contributed by atoms with van der Waals surface area (Å²) in [4.78, 5) is 16.6. The summed E-state index contributed by atoms with van der Waals surface area (Å²) in [5, 5.41) is 3.12. The van der Waals surface area contributed by atoms with Gasteiger partial charge in [-0.05, 0) is 44.2 Å². The monoisotopic (exact) mass is 315 g/mol. The third kappa shape index (κ3) is 4.71. The summed E-state index contributed by atoms with van der Waals surface area (Å²) in [7, 11) is 0. The standard InChI is InChI=1S/C19H29N3O/c23-19(21-13-6-7-14-21)20-12-11-18-10-4-5-15-22(18)16-17-8-2-1-3-9-17/h1-3,8-9,18H,4-7,10-16H2,(H,20,23)/t18-/m0/s1. The molecule has 1 aromatic rings. The fourth-order valence-corrected chi connectivity index (χ4v) is 3.79. The molecule has 2 aliphatic heterocycles. The first-order valence-corrected chi connectivity index (χ1v) is 9.14. The number of carbonyl (C=O) groups is 1. The van der Waals surface area contributed by atoms with Crippen molar-refractivity contribution in [1.82, 2.24) is 15.1 Å². The number of nitrogens with one attached hydrogen (secondary N) is 1. The van der Waals surface area contributed by atoms with Crippen molar-refractivity contribution >= 4 is 6.03 Å². The van der Waals surface area contributed by atoms with Crippen LogP contribution in [-0.4, -0.2) is 48.1 Å². The molecule has 2 amide bonds. The van der Waals surface area contributed by atoms with Crippen molar-refractivity contribution in [2.75, 3.05) is 26.2 Å². The first-order valence-electron chi connectivity index (χ1n) is 9.14. The van der Waals surface area contributed by atoms with E-state index >= 15 is 0 Å². The van der Waals surface area contributed by atoms with Crippen molar-refractivity contribution in [3.8, 4) is 0 Å². The lowest BCUT2D eigenvalue weighted by Gasteiger charge is -2.36. The van der Waals surface area contributed by atoms with Crippen LogP contribution in [0.25, 0.3) is 0 Å². The van der Waals surface area contributed by atoms with Crippen molar-refractivity contribution in [2.24, 2.45) is 0 Å². The van der Waals surface area contributed by atoms with Crippen molar-refractivity contribution in [3.63, 3.8) is 0 Å². The van der Waals surface area contributed by atoms with Crippen LogP contribution in [0.15, 0.2) is 30.3 Å². The van der Waals surface area contributed by atoms with E-state index in [9.17, 15) is 4.79 Å². The molecule has 0 aliphatic carbocycles. The largest absolute Gasteiger partial charge is 0.338 e. The second kappa shape index (κ2) is 8.34. The zero-order valence-electron chi connectivity index (χ0n) is 14.0. The lowest BCUT2D eigenvalue weighted by Crippen LogP contribution is -2.43. The molecule has 2 heterocycles. The van der Waals surface area contributed by atoms with E-state index in [-0.39, 0.29) is 6.03 Å². The Bertz CT molecular complexity index is 485. The Balaban J connectivity index is 1.45. The molecule has 0 unspecified atom stereocenters. The second-order valence-corrected chi connectivity index (χ2v) is 6.82. The summed E-state index contributed by atoms with van der Waals surface area (Å²) in [6.07, 6.45) is 7.24. The molecule has 0 saturated carbocycles. The van der Waals surface area contributed by atoms with Crippen LogP contribution < -0.4 is 5.32 Å². The molecule has 1 N–H and O–H groups in total. The molecule has 3 rings (SSSR count). The van der Waals surface area contributed by atoms with E-state index in [2.05, 4.69) is 40.5 Å². The molecule has 1 atom stereocenters. The highest BCUT2D eigenvalue weighted by molar-refractivity contribution is 5.74. The Morgan fingerprint density at radius 2 is 1.78 bits per heavy atom. The van der Waals surface area contributed by atoms with Gasteiger partial charge in [0.15, 0.2) is 0 Å². The van der Waals surface area contributed by atoms with Gasteiger partial charge in [0, 0.05) is 32.2 Å². The van der Waals surface area contributed by atoms with Gasteiger partial charge < -0.3 is 10.2 Å². The molecule has 2 aliphatic rings. The highest BCUT2D eigenvalue weighted by Crippen LogP contribution is 2.21. The Labute approximate surface area is 139 Å². The van der Waals surface area contributed by atoms with Gasteiger partial charge in [0.05, 0.1) is 0 Å². The highest BCUT2D eigenvalue weighted by atomic mass is 16.2. The number of likely N-dealkylation sites (tertiary alicyclic amines) is 2. The average molecular weight is 315 g/mol. The fraction of sp³-hybridized carbons (Fsp3) is 0.632. The van der Waals surface area contributed by atoms with Gasteiger partial charge in [0.2, 0.25) is 0 Å². The Morgan fingerprint density at radius 3 is 2.57 bits per heavy atom. The van der Waals surface area contributed by atoms with Gasteiger partial charge >= 0.3 is 6.03 Å². The maximum atomic E-state index is 12.1. The predicted octanol–water partition coefficient (Wildman–Crippen LogP) is 3.24. The molecular formula is C19H29N3O. The van der Waals surface area contributed by atoms with Gasteiger partial charge in [-0.15, -0.1) is 0 Å². The number of rotatable bonds is 5. The number of piperidine rings is 1. The van der Waals surface area contributed by atoms with Crippen LogP contribution in [-0.2, 0) is 6.54 Å². The quantitative estimate of drug-likeness (QED) is 0.905. The molecule has 2 fully saturated rings. The number of amides is 2. The molecule has 0 radical (unpaired) electrons. The fourth-order valence-electron chi connectivity index (χ4n) is 3.79. The van der Waals surface area contributed by atoms with Gasteiger partial charge in [-0.1, -0.05) is 36.8 Å². The van der Waals surface area contributed by atoms with Crippen LogP contribution in [0.5, 0.6) is 0 Å². The van der Waals surface area contributed by atoms with Crippen molar-refractivity contribution < 1.29 is 4.79 Å². The van der Waals surface area contributed by atoms with E-state index in [1.54, 1.807) is 0 Å². The van der Waals surface area contributed by atoms with E-state index in [0.717, 1.165) is 45.4 Å². The zero-order valence-corrected chi connectivity index (χ0v) is 14.0. The lowest BCUT2D eigenvalue weighted by atomic mass is 9.98. The van der Waals surface area contributed by atoms with Gasteiger partial charge in [-0.3, -0.25) is 4.90 Å². The SMILES string of the molecule is O=C(NCC[C@@H]1CCCCN1Cc1ccccc1)N1CCCC1. The van der Waals surface area contributed by atoms with Crippen molar-refractivity contribution in [3.05, 3.63) is 35.9 Å². The van der Waals surface area contributed by atoms with E-state index in [1.165, 1.54) is 31.4 Å². The number of carbonyl (C=O) groups excluding carboxylic acids is 1. The first-order chi connectivity index (χ1) is 11.3. The first kappa shape index (κ1) is 16.3. The molecule has 4 nitrogen and oxygen atoms in total. The third-order valence-electron chi connectivity index (χ3n) is 5.12. The van der Waals surface area contributed by atoms with E-state index in [4.69, 9.17) is 0 Å². The summed E-state index contributed by atoms with van der Waals surface area (Å²) in [6, 6.07) is 11.5. The Kier molecular flexibility index (Phi) is 5.92. The summed E-state index contributed by atoms with van der Waals surface area (Å²) < 4.78 is 0. The normalized spacial score (nSPS) is 22.3. The molecule has 126 valence electrons. The molecule has 4 heteroatoms. The molecule has 1 aromatic carbocycles. The van der Waals surface area contributed by atoms with Crippen LogP contribution in [0.2, 0.25) is 0 Å². The van der Waals surface area contributed by atoms with Gasteiger partial charge in [-0.2, -0.15) is 0 Å². The lowest BCUT2D eigenvalue weighted by molar-refractivity contribution is 0.131. The van der Waals surface area contributed by atoms with Crippen molar-refractivity contribution in [1.29, 1.82) is 0 Å². The van der Waals surface area contributed by atoms with E-state index in [1.807, 2.05) is 4.90 Å². The van der Waals surface area contributed by atoms with E-state index < -0.39 is 0 Å². The molecule has 2 saturated heterocycles. The number of hydrogen-bond acceptors (Lipinski definition) is 2. The van der Waals surface area contributed by atoms with Crippen LogP contribution in [0.1, 0.15) is 44.1 Å². The number of urea groups is 1. The molecule has 0 spiro atoms. The smallest absolute Gasteiger partial charge is 0.317 e. The molecular weight excluding hydrogens is 286 g/mol. The predicted molar refractivity (Wildman–Crippen MR) is 93.3 cm³/mol. The van der Waals surface area contributed by atoms with Crippen LogP contribution in [0, 0.1) is 0 Å². The highest BCUT2D eigenvalue weighted by Gasteiger charge is 2.23. The maximum Gasteiger partial charge on any atom is 0.317 e. The number of nitrogens with zero attached hydrogens (tertiary/aromatic N) is 2. The summed E-state index contributed by atoms with van der Waals surface area (Å²) in [5.74, 6) is 0. The molecule has 23 heavy (non-hydrogen) atoms. The number of hydrogen-bond donors (Lipinski definition) is 1. The van der Waals surface area contributed by atoms with Crippen LogP contribution >= 0.6 is 0 Å².